The Hall–Kier alpha value is -2.93. The lowest BCUT2D eigenvalue weighted by molar-refractivity contribution is -0.133. The fraction of sp³-hybridized carbons (Fsp3) is 0.458. The van der Waals surface area contributed by atoms with Crippen LogP contribution in [0.2, 0.25) is 0 Å². The number of amides is 3. The highest BCUT2D eigenvalue weighted by Crippen LogP contribution is 2.49. The zero-order valence-electron chi connectivity index (χ0n) is 17.9. The third-order valence-corrected chi connectivity index (χ3v) is 7.47. The van der Waals surface area contributed by atoms with Gasteiger partial charge in [-0.05, 0) is 36.6 Å². The van der Waals surface area contributed by atoms with Crippen LogP contribution in [-0.2, 0) is 11.3 Å². The molecule has 162 valence electrons. The second-order valence-corrected chi connectivity index (χ2v) is 9.05. The summed E-state index contributed by atoms with van der Waals surface area (Å²) in [4.78, 5) is 36.3. The van der Waals surface area contributed by atoms with Crippen LogP contribution in [0.1, 0.15) is 18.4 Å². The van der Waals surface area contributed by atoms with E-state index in [0.29, 0.717) is 19.0 Å². The van der Waals surface area contributed by atoms with Gasteiger partial charge < -0.3 is 15.1 Å². The summed E-state index contributed by atoms with van der Waals surface area (Å²) in [5, 5.41) is 2.98. The van der Waals surface area contributed by atoms with Crippen LogP contribution in [0.15, 0.2) is 54.9 Å². The molecule has 7 nitrogen and oxygen atoms in total. The third kappa shape index (κ3) is 3.57. The van der Waals surface area contributed by atoms with Crippen LogP contribution >= 0.6 is 0 Å². The monoisotopic (exact) mass is 419 g/mol. The average molecular weight is 420 g/mol. The molecule has 0 bridgehead atoms. The Morgan fingerprint density at radius 1 is 1.13 bits per heavy atom. The summed E-state index contributed by atoms with van der Waals surface area (Å²) in [5.74, 6) is 0.647. The van der Waals surface area contributed by atoms with Crippen LogP contribution in [-0.4, -0.2) is 70.4 Å². The molecule has 7 heteroatoms. The Bertz CT molecular complexity index is 943. The summed E-state index contributed by atoms with van der Waals surface area (Å²) in [6.45, 7) is 3.90. The minimum absolute atomic E-state index is 0.0609. The SMILES string of the molecule is CN1C(=O)[C@@H]2CN(Cc3cccnc3)C[C@@H]2C12CCN(C(=O)Nc1ccccc1)CC2. The molecule has 0 unspecified atom stereocenters. The number of carbonyl (C=O) groups is 2. The summed E-state index contributed by atoms with van der Waals surface area (Å²) in [6.07, 6.45) is 5.36. The van der Waals surface area contributed by atoms with Crippen molar-refractivity contribution < 1.29 is 9.59 Å². The van der Waals surface area contributed by atoms with E-state index in [-0.39, 0.29) is 23.4 Å². The van der Waals surface area contributed by atoms with Crippen molar-refractivity contribution in [3.8, 4) is 0 Å². The maximum absolute atomic E-state index is 13.1. The summed E-state index contributed by atoms with van der Waals surface area (Å²) in [7, 11) is 1.96. The summed E-state index contributed by atoms with van der Waals surface area (Å²) >= 11 is 0. The number of benzene rings is 1. The van der Waals surface area contributed by atoms with Crippen molar-refractivity contribution in [3.05, 3.63) is 60.4 Å². The van der Waals surface area contributed by atoms with E-state index in [1.54, 1.807) is 6.20 Å². The lowest BCUT2D eigenvalue weighted by Gasteiger charge is -2.46. The van der Waals surface area contributed by atoms with Crippen molar-refractivity contribution in [1.29, 1.82) is 0 Å². The molecule has 0 aliphatic carbocycles. The van der Waals surface area contributed by atoms with Crippen LogP contribution in [0.4, 0.5) is 10.5 Å². The molecule has 0 radical (unpaired) electrons. The number of nitrogens with zero attached hydrogens (tertiary/aromatic N) is 4. The number of hydrogen-bond donors (Lipinski definition) is 1. The number of likely N-dealkylation sites (tertiary alicyclic amines) is 3. The first-order valence-corrected chi connectivity index (χ1v) is 11.1. The smallest absolute Gasteiger partial charge is 0.321 e. The molecule has 3 saturated heterocycles. The number of urea groups is 1. The summed E-state index contributed by atoms with van der Waals surface area (Å²) < 4.78 is 0. The Balaban J connectivity index is 1.25. The van der Waals surface area contributed by atoms with Gasteiger partial charge in [-0.25, -0.2) is 4.79 Å². The lowest BCUT2D eigenvalue weighted by Crippen LogP contribution is -2.57. The van der Waals surface area contributed by atoms with Crippen molar-refractivity contribution in [2.45, 2.75) is 24.9 Å². The Morgan fingerprint density at radius 3 is 2.61 bits per heavy atom. The predicted octanol–water partition coefficient (Wildman–Crippen LogP) is 2.67. The predicted molar refractivity (Wildman–Crippen MR) is 118 cm³/mol. The Morgan fingerprint density at radius 2 is 1.90 bits per heavy atom. The van der Waals surface area contributed by atoms with Crippen molar-refractivity contribution >= 4 is 17.6 Å². The highest BCUT2D eigenvalue weighted by molar-refractivity contribution is 5.89. The van der Waals surface area contributed by atoms with Gasteiger partial charge in [-0.15, -0.1) is 0 Å². The summed E-state index contributed by atoms with van der Waals surface area (Å²) in [6, 6.07) is 13.5. The lowest BCUT2D eigenvalue weighted by atomic mass is 9.75. The molecule has 3 aliphatic heterocycles. The van der Waals surface area contributed by atoms with Gasteiger partial charge in [0, 0.05) is 63.8 Å². The molecule has 1 N–H and O–H groups in total. The maximum Gasteiger partial charge on any atom is 0.321 e. The topological polar surface area (TPSA) is 68.8 Å². The van der Waals surface area contributed by atoms with E-state index in [9.17, 15) is 9.59 Å². The van der Waals surface area contributed by atoms with Crippen LogP contribution < -0.4 is 5.32 Å². The maximum atomic E-state index is 13.1. The van der Waals surface area contributed by atoms with Crippen molar-refractivity contribution in [2.75, 3.05) is 38.5 Å². The number of hydrogen-bond acceptors (Lipinski definition) is 4. The van der Waals surface area contributed by atoms with E-state index in [4.69, 9.17) is 0 Å². The third-order valence-electron chi connectivity index (χ3n) is 7.47. The molecular weight excluding hydrogens is 390 g/mol. The van der Waals surface area contributed by atoms with E-state index in [2.05, 4.69) is 21.3 Å². The molecule has 2 atom stereocenters. The van der Waals surface area contributed by atoms with Crippen LogP contribution in [0.5, 0.6) is 0 Å². The highest BCUT2D eigenvalue weighted by Gasteiger charge is 2.60. The van der Waals surface area contributed by atoms with Crippen molar-refractivity contribution in [3.63, 3.8) is 0 Å². The van der Waals surface area contributed by atoms with Gasteiger partial charge in [0.05, 0.1) is 11.5 Å². The van der Waals surface area contributed by atoms with E-state index >= 15 is 0 Å². The number of nitrogens with one attached hydrogen (secondary N) is 1. The standard InChI is InChI=1S/C24H29N5O2/c1-27-22(30)20-16-28(15-18-6-5-11-25-14-18)17-21(20)24(27)9-12-29(13-10-24)23(31)26-19-7-3-2-4-8-19/h2-8,11,14,20-21H,9-10,12-13,15-17H2,1H3,(H,26,31)/t20-,21+/m1/s1. The first-order valence-electron chi connectivity index (χ1n) is 11.1. The second kappa shape index (κ2) is 7.96. The van der Waals surface area contributed by atoms with Gasteiger partial charge in [-0.1, -0.05) is 24.3 Å². The Labute approximate surface area is 183 Å². The van der Waals surface area contributed by atoms with E-state index in [1.807, 2.05) is 59.4 Å². The number of piperidine rings is 1. The molecule has 31 heavy (non-hydrogen) atoms. The van der Waals surface area contributed by atoms with Crippen LogP contribution in [0.25, 0.3) is 0 Å². The van der Waals surface area contributed by atoms with Crippen LogP contribution in [0, 0.1) is 11.8 Å². The van der Waals surface area contributed by atoms with Crippen molar-refractivity contribution in [2.24, 2.45) is 11.8 Å². The van der Waals surface area contributed by atoms with Gasteiger partial charge in [0.1, 0.15) is 0 Å². The van der Waals surface area contributed by atoms with E-state index < -0.39 is 0 Å². The fourth-order valence-electron chi connectivity index (χ4n) is 5.80. The molecule has 2 aromatic rings. The number of aromatic nitrogens is 1. The van der Waals surface area contributed by atoms with Gasteiger partial charge in [-0.3, -0.25) is 14.7 Å². The van der Waals surface area contributed by atoms with Gasteiger partial charge in [0.25, 0.3) is 0 Å². The minimum Gasteiger partial charge on any atom is -0.339 e. The average Bonchev–Trinajstić information content (AvgIpc) is 3.30. The molecule has 1 aromatic carbocycles. The van der Waals surface area contributed by atoms with E-state index in [1.165, 1.54) is 5.56 Å². The zero-order valence-corrected chi connectivity index (χ0v) is 17.9. The first kappa shape index (κ1) is 20.0. The molecular formula is C24H29N5O2. The number of pyridine rings is 1. The number of para-hydroxylation sites is 1. The van der Waals surface area contributed by atoms with Crippen molar-refractivity contribution in [1.82, 2.24) is 19.7 Å². The number of rotatable bonds is 3. The number of anilines is 1. The molecule has 3 amide bonds. The van der Waals surface area contributed by atoms with Gasteiger partial charge in [0.2, 0.25) is 5.91 Å². The molecule has 3 fully saturated rings. The fourth-order valence-corrected chi connectivity index (χ4v) is 5.80. The molecule has 5 rings (SSSR count). The van der Waals surface area contributed by atoms with Gasteiger partial charge in [-0.2, -0.15) is 0 Å². The number of fused-ring (bicyclic) bond motifs is 2. The zero-order chi connectivity index (χ0) is 21.4. The number of carbonyl (C=O) groups excluding carboxylic acids is 2. The molecule has 1 spiro atoms. The van der Waals surface area contributed by atoms with E-state index in [0.717, 1.165) is 38.2 Å². The highest BCUT2D eigenvalue weighted by atomic mass is 16.2. The quantitative estimate of drug-likeness (QED) is 0.831. The second-order valence-electron chi connectivity index (χ2n) is 9.05. The molecule has 3 aliphatic rings. The summed E-state index contributed by atoms with van der Waals surface area (Å²) in [5.41, 5.74) is 1.85. The molecule has 4 heterocycles. The minimum atomic E-state index is -0.144. The molecule has 0 saturated carbocycles. The van der Waals surface area contributed by atoms with Crippen LogP contribution in [0.3, 0.4) is 0 Å². The largest absolute Gasteiger partial charge is 0.339 e. The molecule has 1 aromatic heterocycles. The Kier molecular flexibility index (Phi) is 5.14. The first-order chi connectivity index (χ1) is 15.1. The van der Waals surface area contributed by atoms with Gasteiger partial charge in [0.15, 0.2) is 0 Å². The normalized spacial score (nSPS) is 25.1. The van der Waals surface area contributed by atoms with Gasteiger partial charge >= 0.3 is 6.03 Å².